The molecule has 2 aromatic carbocycles. The van der Waals surface area contributed by atoms with E-state index < -0.39 is 6.10 Å². The van der Waals surface area contributed by atoms with Crippen molar-refractivity contribution in [3.05, 3.63) is 48.0 Å². The number of hydrogen-bond donors (Lipinski definition) is 2. The fraction of sp³-hybridized carbons (Fsp3) is 0.350. The number of nitrogens with zero attached hydrogens (tertiary/aromatic N) is 1. The molecule has 0 radical (unpaired) electrons. The lowest BCUT2D eigenvalue weighted by Crippen LogP contribution is -2.20. The van der Waals surface area contributed by atoms with Crippen LogP contribution in [0.25, 0.3) is 22.6 Å². The summed E-state index contributed by atoms with van der Waals surface area (Å²) < 4.78 is 5.91. The van der Waals surface area contributed by atoms with Crippen molar-refractivity contribution >= 4 is 28.4 Å². The molecule has 0 saturated heterocycles. The van der Waals surface area contributed by atoms with Gasteiger partial charge in [-0.3, -0.25) is 0 Å². The predicted octanol–water partition coefficient (Wildman–Crippen LogP) is 4.80. The molecule has 4 nitrogen and oxygen atoms in total. The van der Waals surface area contributed by atoms with Crippen LogP contribution in [0.1, 0.15) is 26.3 Å². The molecule has 0 aliphatic heterocycles. The minimum absolute atomic E-state index is 0.119. The molecule has 0 aliphatic carbocycles. The van der Waals surface area contributed by atoms with E-state index in [9.17, 15) is 5.11 Å². The molecule has 132 valence electrons. The second-order valence-electron chi connectivity index (χ2n) is 7.22. The van der Waals surface area contributed by atoms with E-state index in [2.05, 4.69) is 43.2 Å². The minimum Gasteiger partial charge on any atom is -0.436 e. The van der Waals surface area contributed by atoms with Crippen LogP contribution in [-0.2, 0) is 5.41 Å². The summed E-state index contributed by atoms with van der Waals surface area (Å²) in [5, 5.41) is 12.7. The molecule has 5 heteroatoms. The summed E-state index contributed by atoms with van der Waals surface area (Å²) in [6.45, 7) is 6.97. The van der Waals surface area contributed by atoms with E-state index in [1.165, 1.54) is 5.56 Å². The van der Waals surface area contributed by atoms with E-state index in [-0.39, 0.29) is 11.3 Å². The van der Waals surface area contributed by atoms with Gasteiger partial charge in [0.1, 0.15) is 5.52 Å². The van der Waals surface area contributed by atoms with Gasteiger partial charge in [0.25, 0.3) is 0 Å². The highest BCUT2D eigenvalue weighted by molar-refractivity contribution is 6.18. The minimum atomic E-state index is -0.580. The number of rotatable bonds is 5. The average molecular weight is 359 g/mol. The van der Waals surface area contributed by atoms with E-state index >= 15 is 0 Å². The summed E-state index contributed by atoms with van der Waals surface area (Å²) in [5.74, 6) is 0.806. The van der Waals surface area contributed by atoms with Gasteiger partial charge in [0.15, 0.2) is 5.58 Å². The highest BCUT2D eigenvalue weighted by Crippen LogP contribution is 2.29. The smallest absolute Gasteiger partial charge is 0.227 e. The maximum atomic E-state index is 9.53. The van der Waals surface area contributed by atoms with Crippen molar-refractivity contribution in [1.29, 1.82) is 0 Å². The van der Waals surface area contributed by atoms with Gasteiger partial charge in [0.2, 0.25) is 5.89 Å². The lowest BCUT2D eigenvalue weighted by molar-refractivity contribution is 0.211. The van der Waals surface area contributed by atoms with Gasteiger partial charge in [0.05, 0.1) is 12.0 Å². The van der Waals surface area contributed by atoms with E-state index in [4.69, 9.17) is 16.0 Å². The number of aliphatic hydroxyl groups is 1. The summed E-state index contributed by atoms with van der Waals surface area (Å²) >= 11 is 5.61. The van der Waals surface area contributed by atoms with Crippen LogP contribution in [0.15, 0.2) is 46.9 Å². The Labute approximate surface area is 152 Å². The highest BCUT2D eigenvalue weighted by Gasteiger charge is 2.14. The third kappa shape index (κ3) is 4.14. The van der Waals surface area contributed by atoms with Crippen molar-refractivity contribution < 1.29 is 9.52 Å². The first-order valence-electron chi connectivity index (χ1n) is 8.36. The largest absolute Gasteiger partial charge is 0.436 e. The number of halogens is 1. The Balaban J connectivity index is 1.83. The van der Waals surface area contributed by atoms with Crippen LogP contribution < -0.4 is 5.32 Å². The van der Waals surface area contributed by atoms with Crippen molar-refractivity contribution in [2.24, 2.45) is 0 Å². The molecule has 0 amide bonds. The average Bonchev–Trinajstić information content (AvgIpc) is 3.02. The molecule has 1 unspecified atom stereocenters. The fourth-order valence-corrected chi connectivity index (χ4v) is 2.67. The summed E-state index contributed by atoms with van der Waals surface area (Å²) in [5.41, 5.74) is 4.72. The van der Waals surface area contributed by atoms with Crippen molar-refractivity contribution in [2.75, 3.05) is 17.7 Å². The molecule has 25 heavy (non-hydrogen) atoms. The van der Waals surface area contributed by atoms with Gasteiger partial charge >= 0.3 is 0 Å². The number of alkyl halides is 1. The fourth-order valence-electron chi connectivity index (χ4n) is 2.56. The molecule has 1 atom stereocenters. The highest BCUT2D eigenvalue weighted by atomic mass is 35.5. The predicted molar refractivity (Wildman–Crippen MR) is 103 cm³/mol. The number of anilines is 1. The lowest BCUT2D eigenvalue weighted by atomic mass is 9.87. The number of nitrogens with one attached hydrogen (secondary N) is 1. The van der Waals surface area contributed by atoms with Crippen molar-refractivity contribution in [3.63, 3.8) is 0 Å². The normalized spacial score (nSPS) is 13.2. The Morgan fingerprint density at radius 1 is 1.16 bits per heavy atom. The molecule has 0 bridgehead atoms. The molecule has 0 fully saturated rings. The maximum absolute atomic E-state index is 9.53. The number of benzene rings is 2. The zero-order valence-corrected chi connectivity index (χ0v) is 15.5. The van der Waals surface area contributed by atoms with Crippen LogP contribution in [0.2, 0.25) is 0 Å². The van der Waals surface area contributed by atoms with Gasteiger partial charge in [-0.2, -0.15) is 0 Å². The van der Waals surface area contributed by atoms with E-state index in [1.807, 2.05) is 30.3 Å². The Hall–Kier alpha value is -2.04. The Kier molecular flexibility index (Phi) is 5.02. The van der Waals surface area contributed by atoms with Crippen LogP contribution >= 0.6 is 11.6 Å². The second-order valence-corrected chi connectivity index (χ2v) is 7.53. The summed E-state index contributed by atoms with van der Waals surface area (Å²) in [4.78, 5) is 4.56. The summed E-state index contributed by atoms with van der Waals surface area (Å²) in [6.07, 6.45) is -0.580. The van der Waals surface area contributed by atoms with Crippen LogP contribution in [0, 0.1) is 0 Å². The Bertz CT molecular complexity index is 850. The van der Waals surface area contributed by atoms with Gasteiger partial charge < -0.3 is 14.8 Å². The van der Waals surface area contributed by atoms with Crippen LogP contribution in [0.4, 0.5) is 5.69 Å². The van der Waals surface area contributed by atoms with E-state index in [0.29, 0.717) is 18.0 Å². The summed E-state index contributed by atoms with van der Waals surface area (Å²) in [7, 11) is 0. The quantitative estimate of drug-likeness (QED) is 0.643. The van der Waals surface area contributed by atoms with E-state index in [1.54, 1.807) is 0 Å². The third-order valence-corrected chi connectivity index (χ3v) is 4.46. The third-order valence-electron chi connectivity index (χ3n) is 4.11. The van der Waals surface area contributed by atoms with Crippen LogP contribution in [0.3, 0.4) is 0 Å². The van der Waals surface area contributed by atoms with Gasteiger partial charge in [-0.25, -0.2) is 4.98 Å². The lowest BCUT2D eigenvalue weighted by Gasteiger charge is -2.18. The molecule has 0 spiro atoms. The number of oxazole rings is 1. The van der Waals surface area contributed by atoms with Gasteiger partial charge in [-0.15, -0.1) is 11.6 Å². The van der Waals surface area contributed by atoms with Gasteiger partial charge in [0, 0.05) is 23.9 Å². The monoisotopic (exact) mass is 358 g/mol. The topological polar surface area (TPSA) is 58.3 Å². The standard InChI is InChI=1S/C20H23ClN2O2/c1-20(2,3)14-6-4-13(5-7-14)19-23-17-9-8-15(10-18(17)25-19)22-12-16(24)11-21/h4-10,16,22,24H,11-12H2,1-3H3. The zero-order valence-electron chi connectivity index (χ0n) is 14.7. The van der Waals surface area contributed by atoms with Gasteiger partial charge in [-0.05, 0) is 35.2 Å². The molecule has 1 aromatic heterocycles. The Morgan fingerprint density at radius 3 is 2.52 bits per heavy atom. The van der Waals surface area contributed by atoms with Crippen LogP contribution in [-0.4, -0.2) is 28.6 Å². The van der Waals surface area contributed by atoms with Crippen molar-refractivity contribution in [1.82, 2.24) is 4.98 Å². The van der Waals surface area contributed by atoms with Crippen molar-refractivity contribution in [3.8, 4) is 11.5 Å². The van der Waals surface area contributed by atoms with Crippen LogP contribution in [0.5, 0.6) is 0 Å². The zero-order chi connectivity index (χ0) is 18.0. The Morgan fingerprint density at radius 2 is 1.88 bits per heavy atom. The molecule has 1 heterocycles. The molecular weight excluding hydrogens is 336 g/mol. The summed E-state index contributed by atoms with van der Waals surface area (Å²) in [6, 6.07) is 14.0. The number of fused-ring (bicyclic) bond motifs is 1. The molecule has 0 saturated carbocycles. The molecule has 3 aromatic rings. The van der Waals surface area contributed by atoms with E-state index in [0.717, 1.165) is 16.8 Å². The number of aliphatic hydroxyl groups excluding tert-OH is 1. The molecule has 0 aliphatic rings. The number of aromatic nitrogens is 1. The second kappa shape index (κ2) is 7.06. The maximum Gasteiger partial charge on any atom is 0.227 e. The first-order valence-corrected chi connectivity index (χ1v) is 8.89. The first kappa shape index (κ1) is 17.8. The SMILES string of the molecule is CC(C)(C)c1ccc(-c2nc3ccc(NCC(O)CCl)cc3o2)cc1. The van der Waals surface area contributed by atoms with Crippen molar-refractivity contribution in [2.45, 2.75) is 32.3 Å². The molecule has 2 N–H and O–H groups in total. The molecule has 3 rings (SSSR count). The first-order chi connectivity index (χ1) is 11.9. The number of hydrogen-bond acceptors (Lipinski definition) is 4. The van der Waals surface area contributed by atoms with Gasteiger partial charge in [-0.1, -0.05) is 32.9 Å². The molecular formula is C20H23ClN2O2.